The molecule has 0 N–H and O–H groups in total. The second-order valence-corrected chi connectivity index (χ2v) is 3.91. The average molecular weight is 196 g/mol. The predicted molar refractivity (Wildman–Crippen MR) is 51.8 cm³/mol. The number of esters is 1. The lowest BCUT2D eigenvalue weighted by molar-refractivity contribution is -0.147. The highest BCUT2D eigenvalue weighted by atomic mass is 16.6. The highest BCUT2D eigenvalue weighted by Crippen LogP contribution is 2.34. The van der Waals surface area contributed by atoms with Crippen molar-refractivity contribution in [2.75, 3.05) is 0 Å². The number of epoxide rings is 1. The molecule has 3 atom stereocenters. The van der Waals surface area contributed by atoms with Gasteiger partial charge in [0.05, 0.1) is 6.10 Å². The molecule has 0 radical (unpaired) electrons. The van der Waals surface area contributed by atoms with Gasteiger partial charge < -0.3 is 9.47 Å². The van der Waals surface area contributed by atoms with E-state index in [4.69, 9.17) is 9.47 Å². The van der Waals surface area contributed by atoms with Crippen molar-refractivity contribution in [3.05, 3.63) is 12.2 Å². The topological polar surface area (TPSA) is 38.8 Å². The molecular weight excluding hydrogens is 180 g/mol. The van der Waals surface area contributed by atoms with E-state index >= 15 is 0 Å². The molecule has 0 amide bonds. The summed E-state index contributed by atoms with van der Waals surface area (Å²) in [5, 5.41) is 0. The van der Waals surface area contributed by atoms with E-state index in [0.717, 1.165) is 25.7 Å². The van der Waals surface area contributed by atoms with E-state index in [1.165, 1.54) is 6.92 Å². The summed E-state index contributed by atoms with van der Waals surface area (Å²) >= 11 is 0. The zero-order chi connectivity index (χ0) is 9.97. The third-order valence-corrected chi connectivity index (χ3v) is 2.71. The first-order valence-corrected chi connectivity index (χ1v) is 5.25. The van der Waals surface area contributed by atoms with Crippen LogP contribution in [-0.2, 0) is 14.3 Å². The normalized spacial score (nSPS) is 38.5. The molecule has 78 valence electrons. The van der Waals surface area contributed by atoms with E-state index in [-0.39, 0.29) is 18.2 Å². The predicted octanol–water partition coefficient (Wildman–Crippen LogP) is 1.82. The van der Waals surface area contributed by atoms with Gasteiger partial charge in [-0.25, -0.2) is 0 Å². The molecule has 1 aliphatic carbocycles. The summed E-state index contributed by atoms with van der Waals surface area (Å²) in [6.45, 7) is 1.46. The summed E-state index contributed by atoms with van der Waals surface area (Å²) in [5.74, 6) is -0.201. The van der Waals surface area contributed by atoms with E-state index in [0.29, 0.717) is 6.10 Å². The molecule has 1 heterocycles. The Morgan fingerprint density at radius 1 is 1.36 bits per heavy atom. The van der Waals surface area contributed by atoms with Gasteiger partial charge >= 0.3 is 5.97 Å². The van der Waals surface area contributed by atoms with Crippen LogP contribution in [0.15, 0.2) is 12.2 Å². The largest absolute Gasteiger partial charge is 0.460 e. The molecule has 0 unspecified atom stereocenters. The lowest BCUT2D eigenvalue weighted by atomic mass is 10.1. The number of rotatable bonds is 1. The Hall–Kier alpha value is -0.830. The summed E-state index contributed by atoms with van der Waals surface area (Å²) in [6, 6.07) is 0. The van der Waals surface area contributed by atoms with Gasteiger partial charge in [-0.2, -0.15) is 0 Å². The fourth-order valence-electron chi connectivity index (χ4n) is 1.98. The van der Waals surface area contributed by atoms with Crippen molar-refractivity contribution < 1.29 is 14.3 Å². The van der Waals surface area contributed by atoms with Crippen molar-refractivity contribution in [1.29, 1.82) is 0 Å². The Morgan fingerprint density at radius 3 is 2.79 bits per heavy atom. The molecule has 2 aliphatic rings. The van der Waals surface area contributed by atoms with E-state index in [1.54, 1.807) is 0 Å². The van der Waals surface area contributed by atoms with Crippen LogP contribution in [0.4, 0.5) is 0 Å². The number of carbonyl (C=O) groups excluding carboxylic acids is 1. The molecule has 0 spiro atoms. The first-order chi connectivity index (χ1) is 6.77. The fourth-order valence-corrected chi connectivity index (χ4v) is 1.98. The lowest BCUT2D eigenvalue weighted by Crippen LogP contribution is -2.23. The van der Waals surface area contributed by atoms with Crippen LogP contribution in [0.1, 0.15) is 32.6 Å². The summed E-state index contributed by atoms with van der Waals surface area (Å²) in [4.78, 5) is 10.9. The summed E-state index contributed by atoms with van der Waals surface area (Å²) < 4.78 is 10.7. The zero-order valence-electron chi connectivity index (χ0n) is 8.44. The minimum Gasteiger partial charge on any atom is -0.460 e. The van der Waals surface area contributed by atoms with Gasteiger partial charge in [0.15, 0.2) is 0 Å². The number of carbonyl (C=O) groups is 1. The third-order valence-electron chi connectivity index (χ3n) is 2.71. The van der Waals surface area contributed by atoms with Crippen molar-refractivity contribution in [2.24, 2.45) is 0 Å². The molecule has 1 fully saturated rings. The molecule has 0 aromatic heterocycles. The van der Waals surface area contributed by atoms with Crippen LogP contribution in [0.3, 0.4) is 0 Å². The minimum absolute atomic E-state index is 0.0275. The molecule has 3 heteroatoms. The quantitative estimate of drug-likeness (QED) is 0.365. The van der Waals surface area contributed by atoms with Crippen LogP contribution >= 0.6 is 0 Å². The molecule has 0 aromatic rings. The summed E-state index contributed by atoms with van der Waals surface area (Å²) in [7, 11) is 0. The SMILES string of the molecule is CC(=O)O[C@@H]1CC/C=C\CC[C@H]2O[C@@H]12. The smallest absolute Gasteiger partial charge is 0.302 e. The maximum atomic E-state index is 10.9. The molecule has 1 aliphatic heterocycles. The molecular formula is C11H16O3. The Bertz CT molecular complexity index is 247. The highest BCUT2D eigenvalue weighted by Gasteiger charge is 2.45. The van der Waals surface area contributed by atoms with Crippen molar-refractivity contribution in [2.45, 2.75) is 50.9 Å². The molecule has 2 rings (SSSR count). The molecule has 3 nitrogen and oxygen atoms in total. The second kappa shape index (κ2) is 4.13. The standard InChI is InChI=1S/C11H16O3/c1-8(12)13-9-6-4-2-3-5-7-10-11(9)14-10/h2-3,9-11H,4-7H2,1H3/b3-2-/t9-,10-,11+/m1/s1. The van der Waals surface area contributed by atoms with Gasteiger partial charge in [-0.05, 0) is 25.7 Å². The van der Waals surface area contributed by atoms with E-state index in [1.807, 2.05) is 0 Å². The summed E-state index contributed by atoms with van der Waals surface area (Å²) in [6.07, 6.45) is 8.81. The number of ether oxygens (including phenoxy) is 2. The molecule has 1 saturated heterocycles. The van der Waals surface area contributed by atoms with Crippen molar-refractivity contribution in [1.82, 2.24) is 0 Å². The van der Waals surface area contributed by atoms with Crippen molar-refractivity contribution in [3.63, 3.8) is 0 Å². The first kappa shape index (κ1) is 9.71. The van der Waals surface area contributed by atoms with E-state index in [2.05, 4.69) is 12.2 Å². The molecule has 0 aromatic carbocycles. The van der Waals surface area contributed by atoms with Gasteiger partial charge in [-0.1, -0.05) is 12.2 Å². The first-order valence-electron chi connectivity index (χ1n) is 5.25. The maximum absolute atomic E-state index is 10.9. The highest BCUT2D eigenvalue weighted by molar-refractivity contribution is 5.66. The second-order valence-electron chi connectivity index (χ2n) is 3.91. The number of allylic oxidation sites excluding steroid dienone is 2. The van der Waals surface area contributed by atoms with Gasteiger partial charge in [0, 0.05) is 6.92 Å². The van der Waals surface area contributed by atoms with E-state index < -0.39 is 0 Å². The Morgan fingerprint density at radius 2 is 2.07 bits per heavy atom. The maximum Gasteiger partial charge on any atom is 0.302 e. The van der Waals surface area contributed by atoms with Crippen LogP contribution < -0.4 is 0 Å². The van der Waals surface area contributed by atoms with Crippen LogP contribution in [-0.4, -0.2) is 24.3 Å². The zero-order valence-corrected chi connectivity index (χ0v) is 8.44. The van der Waals surface area contributed by atoms with Crippen molar-refractivity contribution in [3.8, 4) is 0 Å². The van der Waals surface area contributed by atoms with Crippen LogP contribution in [0.5, 0.6) is 0 Å². The Kier molecular flexibility index (Phi) is 2.87. The summed E-state index contributed by atoms with van der Waals surface area (Å²) in [5.41, 5.74) is 0. The van der Waals surface area contributed by atoms with Gasteiger partial charge in [0.25, 0.3) is 0 Å². The minimum atomic E-state index is -0.201. The molecule has 0 bridgehead atoms. The van der Waals surface area contributed by atoms with Gasteiger partial charge in [-0.3, -0.25) is 4.79 Å². The number of hydrogen-bond acceptors (Lipinski definition) is 3. The van der Waals surface area contributed by atoms with Crippen molar-refractivity contribution >= 4 is 5.97 Å². The monoisotopic (exact) mass is 196 g/mol. The Balaban J connectivity index is 1.93. The van der Waals surface area contributed by atoms with Gasteiger partial charge in [0.2, 0.25) is 0 Å². The fraction of sp³-hybridized carbons (Fsp3) is 0.727. The van der Waals surface area contributed by atoms with Crippen LogP contribution in [0.2, 0.25) is 0 Å². The van der Waals surface area contributed by atoms with E-state index in [9.17, 15) is 4.79 Å². The lowest BCUT2D eigenvalue weighted by Gasteiger charge is -2.13. The van der Waals surface area contributed by atoms with Crippen LogP contribution in [0, 0.1) is 0 Å². The molecule has 0 saturated carbocycles. The number of fused-ring (bicyclic) bond motifs is 1. The Labute approximate surface area is 84.1 Å². The average Bonchev–Trinajstić information content (AvgIpc) is 2.87. The third kappa shape index (κ3) is 2.35. The van der Waals surface area contributed by atoms with Crippen LogP contribution in [0.25, 0.3) is 0 Å². The molecule has 14 heavy (non-hydrogen) atoms. The number of hydrogen-bond donors (Lipinski definition) is 0. The van der Waals surface area contributed by atoms with Gasteiger partial charge in [0.1, 0.15) is 12.2 Å². The van der Waals surface area contributed by atoms with Gasteiger partial charge in [-0.15, -0.1) is 0 Å².